The smallest absolute Gasteiger partial charge is 0.193 e. The number of hydrogen-bond acceptors (Lipinski definition) is 2. The van der Waals surface area contributed by atoms with Gasteiger partial charge in [-0.25, -0.2) is 0 Å². The van der Waals surface area contributed by atoms with E-state index in [1.807, 2.05) is 36.6 Å². The molecule has 3 heteroatoms. The molecule has 82 valence electrons. The highest BCUT2D eigenvalue weighted by molar-refractivity contribution is 14.1. The van der Waals surface area contributed by atoms with Gasteiger partial charge in [-0.15, -0.1) is 11.3 Å². The minimum absolute atomic E-state index is 0.113. The van der Waals surface area contributed by atoms with Gasteiger partial charge in [0.05, 0.1) is 2.88 Å². The zero-order valence-corrected chi connectivity index (χ0v) is 12.1. The van der Waals surface area contributed by atoms with E-state index < -0.39 is 0 Å². The highest BCUT2D eigenvalue weighted by Gasteiger charge is 2.11. The van der Waals surface area contributed by atoms with E-state index in [4.69, 9.17) is 0 Å². The standard InChI is InChI=1S/C13H11IOS/c1-8-3-4-10(5-9(8)2)13(15)11-6-12(14)16-7-11/h3-7H,1-2H3. The molecular formula is C13H11IOS. The van der Waals surface area contributed by atoms with Crippen molar-refractivity contribution in [3.63, 3.8) is 0 Å². The number of ketones is 1. The minimum atomic E-state index is 0.113. The first-order valence-corrected chi connectivity index (χ1v) is 6.90. The first-order chi connectivity index (χ1) is 7.58. The van der Waals surface area contributed by atoms with E-state index in [0.29, 0.717) is 0 Å². The van der Waals surface area contributed by atoms with Crippen molar-refractivity contribution in [1.29, 1.82) is 0 Å². The average molecular weight is 342 g/mol. The summed E-state index contributed by atoms with van der Waals surface area (Å²) in [6, 6.07) is 7.79. The van der Waals surface area contributed by atoms with E-state index in [0.717, 1.165) is 19.6 Å². The lowest BCUT2D eigenvalue weighted by molar-refractivity contribution is 0.103. The van der Waals surface area contributed by atoms with Crippen molar-refractivity contribution >= 4 is 39.7 Å². The molecule has 0 radical (unpaired) electrons. The van der Waals surface area contributed by atoms with Gasteiger partial charge in [0.15, 0.2) is 5.78 Å². The Morgan fingerprint density at radius 3 is 2.44 bits per heavy atom. The van der Waals surface area contributed by atoms with Gasteiger partial charge in [-0.1, -0.05) is 12.1 Å². The number of benzene rings is 1. The van der Waals surface area contributed by atoms with Crippen LogP contribution in [0.25, 0.3) is 0 Å². The number of thiophene rings is 1. The van der Waals surface area contributed by atoms with Crippen molar-refractivity contribution in [2.75, 3.05) is 0 Å². The van der Waals surface area contributed by atoms with Gasteiger partial charge >= 0.3 is 0 Å². The third kappa shape index (κ3) is 2.35. The molecular weight excluding hydrogens is 331 g/mol. The van der Waals surface area contributed by atoms with Crippen LogP contribution in [0, 0.1) is 16.7 Å². The van der Waals surface area contributed by atoms with Crippen LogP contribution < -0.4 is 0 Å². The Morgan fingerprint density at radius 1 is 1.12 bits per heavy atom. The van der Waals surface area contributed by atoms with Gasteiger partial charge in [0.25, 0.3) is 0 Å². The zero-order chi connectivity index (χ0) is 11.7. The van der Waals surface area contributed by atoms with Crippen LogP contribution in [0.4, 0.5) is 0 Å². The molecule has 2 rings (SSSR count). The number of carbonyl (C=O) groups excluding carboxylic acids is 1. The lowest BCUT2D eigenvalue weighted by Gasteiger charge is -2.03. The van der Waals surface area contributed by atoms with E-state index >= 15 is 0 Å². The summed E-state index contributed by atoms with van der Waals surface area (Å²) in [6.45, 7) is 4.08. The summed E-state index contributed by atoms with van der Waals surface area (Å²) in [4.78, 5) is 12.1. The average Bonchev–Trinajstić information content (AvgIpc) is 2.68. The van der Waals surface area contributed by atoms with Crippen molar-refractivity contribution < 1.29 is 4.79 Å². The second-order valence-corrected chi connectivity index (χ2v) is 6.57. The van der Waals surface area contributed by atoms with Crippen LogP contribution in [-0.4, -0.2) is 5.78 Å². The van der Waals surface area contributed by atoms with Crippen molar-refractivity contribution in [3.8, 4) is 0 Å². The Balaban J connectivity index is 2.38. The summed E-state index contributed by atoms with van der Waals surface area (Å²) in [5.41, 5.74) is 3.95. The summed E-state index contributed by atoms with van der Waals surface area (Å²) >= 11 is 3.83. The molecule has 0 saturated carbocycles. The van der Waals surface area contributed by atoms with Crippen LogP contribution in [-0.2, 0) is 0 Å². The van der Waals surface area contributed by atoms with Crippen LogP contribution in [0.2, 0.25) is 0 Å². The molecule has 0 aliphatic carbocycles. The van der Waals surface area contributed by atoms with Crippen LogP contribution in [0.3, 0.4) is 0 Å². The van der Waals surface area contributed by atoms with Crippen LogP contribution in [0.1, 0.15) is 27.0 Å². The summed E-state index contributed by atoms with van der Waals surface area (Å²) in [5.74, 6) is 0.113. The van der Waals surface area contributed by atoms with Crippen molar-refractivity contribution in [2.24, 2.45) is 0 Å². The van der Waals surface area contributed by atoms with Gasteiger partial charge in [-0.3, -0.25) is 4.79 Å². The van der Waals surface area contributed by atoms with Crippen molar-refractivity contribution in [3.05, 3.63) is 54.8 Å². The molecule has 0 aliphatic rings. The summed E-state index contributed by atoms with van der Waals surface area (Å²) < 4.78 is 1.14. The third-order valence-corrected chi connectivity index (χ3v) is 4.39. The molecule has 16 heavy (non-hydrogen) atoms. The zero-order valence-electron chi connectivity index (χ0n) is 9.08. The van der Waals surface area contributed by atoms with E-state index in [1.54, 1.807) is 11.3 Å². The lowest BCUT2D eigenvalue weighted by Crippen LogP contribution is -2.00. The van der Waals surface area contributed by atoms with Crippen LogP contribution in [0.5, 0.6) is 0 Å². The summed E-state index contributed by atoms with van der Waals surface area (Å²) in [5, 5.41) is 1.92. The highest BCUT2D eigenvalue weighted by Crippen LogP contribution is 2.20. The Morgan fingerprint density at radius 2 is 1.88 bits per heavy atom. The third-order valence-electron chi connectivity index (χ3n) is 2.60. The molecule has 1 aromatic carbocycles. The predicted molar refractivity (Wildman–Crippen MR) is 76.4 cm³/mol. The molecule has 0 bridgehead atoms. The number of halogens is 1. The maximum absolute atomic E-state index is 12.1. The van der Waals surface area contributed by atoms with Gasteiger partial charge in [-0.05, 0) is 59.7 Å². The second-order valence-electron chi connectivity index (χ2n) is 3.77. The lowest BCUT2D eigenvalue weighted by atomic mass is 10.0. The van der Waals surface area contributed by atoms with E-state index in [9.17, 15) is 4.79 Å². The van der Waals surface area contributed by atoms with Gasteiger partial charge < -0.3 is 0 Å². The van der Waals surface area contributed by atoms with Gasteiger partial charge in [0.1, 0.15) is 0 Å². The van der Waals surface area contributed by atoms with E-state index in [2.05, 4.69) is 29.5 Å². The molecule has 0 aliphatic heterocycles. The fourth-order valence-electron chi connectivity index (χ4n) is 1.48. The van der Waals surface area contributed by atoms with Gasteiger partial charge in [0.2, 0.25) is 0 Å². The Hall–Kier alpha value is -0.680. The molecule has 0 atom stereocenters. The number of carbonyl (C=O) groups is 1. The van der Waals surface area contributed by atoms with E-state index in [1.165, 1.54) is 5.56 Å². The number of aryl methyl sites for hydroxylation is 2. The maximum atomic E-state index is 12.1. The van der Waals surface area contributed by atoms with Gasteiger partial charge in [-0.2, -0.15) is 0 Å². The monoisotopic (exact) mass is 342 g/mol. The SMILES string of the molecule is Cc1ccc(C(=O)c2csc(I)c2)cc1C. The van der Waals surface area contributed by atoms with Crippen molar-refractivity contribution in [1.82, 2.24) is 0 Å². The topological polar surface area (TPSA) is 17.1 Å². The van der Waals surface area contributed by atoms with Crippen molar-refractivity contribution in [2.45, 2.75) is 13.8 Å². The van der Waals surface area contributed by atoms with E-state index in [-0.39, 0.29) is 5.78 Å². The fourth-order valence-corrected chi connectivity index (χ4v) is 2.80. The molecule has 2 aromatic rings. The minimum Gasteiger partial charge on any atom is -0.289 e. The second kappa shape index (κ2) is 4.67. The van der Waals surface area contributed by atoms with Crippen LogP contribution in [0.15, 0.2) is 29.6 Å². The maximum Gasteiger partial charge on any atom is 0.193 e. The molecule has 1 heterocycles. The molecule has 1 aromatic heterocycles. The Labute approximate surface area is 113 Å². The largest absolute Gasteiger partial charge is 0.289 e. The molecule has 1 nitrogen and oxygen atoms in total. The Bertz CT molecular complexity index is 543. The molecule has 0 spiro atoms. The molecule has 0 amide bonds. The molecule has 0 N–H and O–H groups in total. The highest BCUT2D eigenvalue weighted by atomic mass is 127. The first-order valence-electron chi connectivity index (χ1n) is 4.94. The molecule has 0 fully saturated rings. The predicted octanol–water partition coefficient (Wildman–Crippen LogP) is 4.20. The first kappa shape index (κ1) is 11.8. The summed E-state index contributed by atoms with van der Waals surface area (Å²) in [6.07, 6.45) is 0. The Kier molecular flexibility index (Phi) is 3.44. The quantitative estimate of drug-likeness (QED) is 0.591. The number of rotatable bonds is 2. The van der Waals surface area contributed by atoms with Gasteiger partial charge in [0, 0.05) is 16.5 Å². The van der Waals surface area contributed by atoms with Crippen LogP contribution >= 0.6 is 33.9 Å². The molecule has 0 unspecified atom stereocenters. The molecule has 0 saturated heterocycles. The fraction of sp³-hybridized carbons (Fsp3) is 0.154. The normalized spacial score (nSPS) is 10.4. The number of hydrogen-bond donors (Lipinski definition) is 0. The summed E-state index contributed by atoms with van der Waals surface area (Å²) in [7, 11) is 0.